The quantitative estimate of drug-likeness (QED) is 0.375. The molecule has 0 spiro atoms. The van der Waals surface area contributed by atoms with Crippen LogP contribution in [0.3, 0.4) is 0 Å². The summed E-state index contributed by atoms with van der Waals surface area (Å²) in [5, 5.41) is 12.7. The summed E-state index contributed by atoms with van der Waals surface area (Å²) < 4.78 is 5.84. The largest absolute Gasteiger partial charge is 0.478 e. The summed E-state index contributed by atoms with van der Waals surface area (Å²) in [6, 6.07) is 9.17. The minimum atomic E-state index is -1.01. The third-order valence-corrected chi connectivity index (χ3v) is 7.74. The van der Waals surface area contributed by atoms with Gasteiger partial charge in [-0.25, -0.2) is 14.8 Å². The lowest BCUT2D eigenvalue weighted by Gasteiger charge is -2.32. The van der Waals surface area contributed by atoms with Gasteiger partial charge in [0.2, 0.25) is 5.95 Å². The number of nitrogens with one attached hydrogen (secondary N) is 1. The molecule has 2 fully saturated rings. The van der Waals surface area contributed by atoms with Crippen LogP contribution in [-0.2, 0) is 22.5 Å². The molecule has 1 aliphatic heterocycles. The summed E-state index contributed by atoms with van der Waals surface area (Å²) in [6.45, 7) is 6.84. The summed E-state index contributed by atoms with van der Waals surface area (Å²) in [5.74, 6) is 0.0274. The van der Waals surface area contributed by atoms with Crippen molar-refractivity contribution in [2.45, 2.75) is 90.3 Å². The Bertz CT molecular complexity index is 1030. The van der Waals surface area contributed by atoms with Gasteiger partial charge in [0.15, 0.2) is 0 Å². The van der Waals surface area contributed by atoms with Gasteiger partial charge >= 0.3 is 11.9 Å². The smallest absolute Gasteiger partial charge is 0.338 e. The van der Waals surface area contributed by atoms with E-state index in [4.69, 9.17) is 9.84 Å². The van der Waals surface area contributed by atoms with E-state index in [2.05, 4.69) is 58.3 Å². The normalized spacial score (nSPS) is 17.6. The molecule has 4 rings (SSSR count). The number of carboxylic acid groups (broad SMARTS) is 1. The summed E-state index contributed by atoms with van der Waals surface area (Å²) in [7, 11) is 0. The molecule has 1 atom stereocenters. The van der Waals surface area contributed by atoms with Crippen LogP contribution in [0.5, 0.6) is 0 Å². The third-order valence-electron chi connectivity index (χ3n) is 7.74. The Morgan fingerprint density at radius 3 is 2.26 bits per heavy atom. The Morgan fingerprint density at radius 1 is 1.03 bits per heavy atom. The van der Waals surface area contributed by atoms with Crippen LogP contribution in [0.25, 0.3) is 0 Å². The fraction of sp³-hybridized carbons (Fsp3) is 0.600. The summed E-state index contributed by atoms with van der Waals surface area (Å²) in [5.41, 5.74) is 2.62. The monoisotopic (exact) mass is 522 g/mol. The Labute approximate surface area is 226 Å². The van der Waals surface area contributed by atoms with Crippen molar-refractivity contribution in [2.24, 2.45) is 11.8 Å². The predicted octanol–water partition coefficient (Wildman–Crippen LogP) is 5.01. The molecule has 2 N–H and O–H groups in total. The van der Waals surface area contributed by atoms with E-state index in [1.54, 1.807) is 0 Å². The number of nitrogens with zero attached hydrogens (tertiary/aromatic N) is 3. The molecule has 8 nitrogen and oxygen atoms in total. The van der Waals surface area contributed by atoms with Crippen LogP contribution >= 0.6 is 0 Å². The number of carboxylic acids is 1. The number of anilines is 1. The van der Waals surface area contributed by atoms with Gasteiger partial charge in [0.25, 0.3) is 0 Å². The minimum absolute atomic E-state index is 0.00121. The molecule has 2 aliphatic rings. The third kappa shape index (κ3) is 8.25. The van der Waals surface area contributed by atoms with E-state index in [0.29, 0.717) is 17.9 Å². The lowest BCUT2D eigenvalue weighted by molar-refractivity contribution is -0.154. The molecule has 0 radical (unpaired) electrons. The molecule has 0 amide bonds. The molecule has 2 heterocycles. The number of aryl methyl sites for hydroxylation is 1. The van der Waals surface area contributed by atoms with E-state index in [0.717, 1.165) is 64.6 Å². The molecule has 1 aromatic carbocycles. The van der Waals surface area contributed by atoms with Crippen molar-refractivity contribution < 1.29 is 19.4 Å². The zero-order valence-electron chi connectivity index (χ0n) is 22.8. The molecule has 206 valence electrons. The van der Waals surface area contributed by atoms with E-state index in [1.807, 2.05) is 0 Å². The van der Waals surface area contributed by atoms with E-state index in [1.165, 1.54) is 36.4 Å². The number of rotatable bonds is 12. The number of carbonyl (C=O) groups excluding carboxylic acids is 1. The van der Waals surface area contributed by atoms with Crippen molar-refractivity contribution in [2.75, 3.05) is 18.0 Å². The number of hydrogen-bond donors (Lipinski definition) is 2. The molecular formula is C30H42N4O4. The number of aromatic carboxylic acids is 1. The first kappa shape index (κ1) is 28.0. The number of esters is 1. The number of piperidine rings is 1. The highest BCUT2D eigenvalue weighted by Gasteiger charge is 2.26. The van der Waals surface area contributed by atoms with Gasteiger partial charge in [-0.3, -0.25) is 4.79 Å². The Balaban J connectivity index is 1.19. The fourth-order valence-electron chi connectivity index (χ4n) is 5.47. The van der Waals surface area contributed by atoms with Gasteiger partial charge in [0, 0.05) is 38.1 Å². The topological polar surface area (TPSA) is 105 Å². The molecule has 0 unspecified atom stereocenters. The molecule has 1 aliphatic carbocycles. The zero-order chi connectivity index (χ0) is 26.9. The van der Waals surface area contributed by atoms with Crippen LogP contribution in [-0.4, -0.2) is 52.2 Å². The second-order valence-electron chi connectivity index (χ2n) is 11.2. The number of hydrogen-bond acceptors (Lipinski definition) is 7. The van der Waals surface area contributed by atoms with E-state index in [-0.39, 0.29) is 23.6 Å². The maximum atomic E-state index is 12.8. The Hall–Kier alpha value is -3.00. The molecule has 1 saturated carbocycles. The first-order valence-corrected chi connectivity index (χ1v) is 14.2. The van der Waals surface area contributed by atoms with Gasteiger partial charge in [-0.05, 0) is 74.8 Å². The molecule has 1 aromatic heterocycles. The summed E-state index contributed by atoms with van der Waals surface area (Å²) in [4.78, 5) is 34.3. The van der Waals surface area contributed by atoms with Gasteiger partial charge in [-0.15, -0.1) is 0 Å². The second kappa shape index (κ2) is 13.7. The average molecular weight is 523 g/mol. The summed E-state index contributed by atoms with van der Waals surface area (Å²) in [6.07, 6.45) is 11.8. The van der Waals surface area contributed by atoms with Crippen molar-refractivity contribution in [1.82, 2.24) is 15.3 Å². The second-order valence-corrected chi connectivity index (χ2v) is 11.2. The van der Waals surface area contributed by atoms with Crippen LogP contribution in [0.1, 0.15) is 86.7 Å². The molecule has 2 aromatic rings. The van der Waals surface area contributed by atoms with Crippen LogP contribution < -0.4 is 10.2 Å². The molecule has 0 bridgehead atoms. The minimum Gasteiger partial charge on any atom is -0.478 e. The van der Waals surface area contributed by atoms with E-state index in [9.17, 15) is 9.59 Å². The maximum absolute atomic E-state index is 12.8. The zero-order valence-corrected chi connectivity index (χ0v) is 22.8. The van der Waals surface area contributed by atoms with Crippen molar-refractivity contribution in [1.29, 1.82) is 0 Å². The highest BCUT2D eigenvalue weighted by atomic mass is 16.5. The summed E-state index contributed by atoms with van der Waals surface area (Å²) >= 11 is 0. The first-order valence-electron chi connectivity index (χ1n) is 14.2. The molecule has 38 heavy (non-hydrogen) atoms. The SMILES string of the molecule is CC(C)C[C@H](CCc1ccc(CNC2CCN(c3ncc(C(=O)O)cn3)CC2)cc1)C(=O)OC1CCCC1. The van der Waals surface area contributed by atoms with Crippen molar-refractivity contribution in [3.05, 3.63) is 53.3 Å². The number of aromatic nitrogens is 2. The predicted molar refractivity (Wildman–Crippen MR) is 147 cm³/mol. The van der Waals surface area contributed by atoms with Crippen LogP contribution in [0.4, 0.5) is 5.95 Å². The van der Waals surface area contributed by atoms with Crippen LogP contribution in [0, 0.1) is 11.8 Å². The molecule has 8 heteroatoms. The van der Waals surface area contributed by atoms with Crippen LogP contribution in [0.2, 0.25) is 0 Å². The van der Waals surface area contributed by atoms with Gasteiger partial charge in [-0.1, -0.05) is 38.1 Å². The number of benzene rings is 1. The van der Waals surface area contributed by atoms with Crippen molar-refractivity contribution in [3.8, 4) is 0 Å². The first-order chi connectivity index (χ1) is 18.4. The maximum Gasteiger partial charge on any atom is 0.338 e. The van der Waals surface area contributed by atoms with Crippen molar-refractivity contribution >= 4 is 17.9 Å². The van der Waals surface area contributed by atoms with Gasteiger partial charge < -0.3 is 20.1 Å². The standard InChI is InChI=1S/C30H42N4O4/c1-21(2)17-24(29(37)38-27-5-3-4-6-27)12-11-22-7-9-23(10-8-22)18-31-26-13-15-34(16-14-26)30-32-19-25(20-33-30)28(35)36/h7-10,19-21,24,26-27,31H,3-6,11-18H2,1-2H3,(H,35,36)/t24-/m0/s1. The Morgan fingerprint density at radius 2 is 1.66 bits per heavy atom. The highest BCUT2D eigenvalue weighted by Crippen LogP contribution is 2.26. The Kier molecular flexibility index (Phi) is 10.1. The average Bonchev–Trinajstić information content (AvgIpc) is 3.43. The molecular weight excluding hydrogens is 480 g/mol. The fourth-order valence-corrected chi connectivity index (χ4v) is 5.47. The van der Waals surface area contributed by atoms with Gasteiger partial charge in [0.1, 0.15) is 6.10 Å². The highest BCUT2D eigenvalue weighted by molar-refractivity contribution is 5.86. The molecule has 1 saturated heterocycles. The lowest BCUT2D eigenvalue weighted by Crippen LogP contribution is -2.42. The van der Waals surface area contributed by atoms with E-state index < -0.39 is 5.97 Å². The number of ether oxygens (including phenoxy) is 1. The lowest BCUT2D eigenvalue weighted by atomic mass is 9.91. The van der Waals surface area contributed by atoms with Gasteiger partial charge in [-0.2, -0.15) is 0 Å². The van der Waals surface area contributed by atoms with Crippen molar-refractivity contribution in [3.63, 3.8) is 0 Å². The van der Waals surface area contributed by atoms with E-state index >= 15 is 0 Å². The van der Waals surface area contributed by atoms with Gasteiger partial charge in [0.05, 0.1) is 11.5 Å². The van der Waals surface area contributed by atoms with Crippen LogP contribution in [0.15, 0.2) is 36.7 Å². The number of carbonyl (C=O) groups is 2.